The van der Waals surface area contributed by atoms with E-state index in [0.717, 1.165) is 6.54 Å². The number of aryl methyl sites for hydroxylation is 1. The zero-order chi connectivity index (χ0) is 12.1. The molecule has 0 amide bonds. The van der Waals surface area contributed by atoms with E-state index in [0.29, 0.717) is 18.4 Å². The molecule has 0 aliphatic heterocycles. The van der Waals surface area contributed by atoms with Crippen LogP contribution in [0.4, 0.5) is 11.5 Å². The van der Waals surface area contributed by atoms with E-state index < -0.39 is 4.92 Å². The summed E-state index contributed by atoms with van der Waals surface area (Å²) in [6, 6.07) is 0.403. The molecule has 1 rings (SSSR count). The maximum absolute atomic E-state index is 10.7. The number of nitro groups is 1. The van der Waals surface area contributed by atoms with Crippen LogP contribution in [0.5, 0.6) is 0 Å². The Morgan fingerprint density at radius 1 is 1.56 bits per heavy atom. The highest BCUT2D eigenvalue weighted by Crippen LogP contribution is 2.20. The molecule has 0 aliphatic rings. The van der Waals surface area contributed by atoms with E-state index in [1.807, 2.05) is 13.8 Å². The van der Waals surface area contributed by atoms with Crippen LogP contribution in [0.2, 0.25) is 0 Å². The fourth-order valence-corrected chi connectivity index (χ4v) is 1.28. The number of rotatable bonds is 6. The quantitative estimate of drug-likeness (QED) is 0.425. The lowest BCUT2D eigenvalue weighted by Gasteiger charge is -2.07. The maximum Gasteiger partial charge on any atom is 0.330 e. The fraction of sp³-hybridized carbons (Fsp3) is 0.667. The first kappa shape index (κ1) is 12.4. The summed E-state index contributed by atoms with van der Waals surface area (Å²) >= 11 is 0. The van der Waals surface area contributed by atoms with Crippen LogP contribution in [0, 0.1) is 10.1 Å². The molecule has 1 aromatic heterocycles. The maximum atomic E-state index is 10.7. The highest BCUT2D eigenvalue weighted by Gasteiger charge is 2.17. The monoisotopic (exact) mass is 227 g/mol. The molecule has 0 saturated heterocycles. The van der Waals surface area contributed by atoms with Gasteiger partial charge in [0.05, 0.1) is 4.92 Å². The molecule has 1 heterocycles. The predicted molar refractivity (Wildman–Crippen MR) is 61.5 cm³/mol. The van der Waals surface area contributed by atoms with E-state index in [9.17, 15) is 10.1 Å². The third-order valence-corrected chi connectivity index (χ3v) is 1.98. The fourth-order valence-electron chi connectivity index (χ4n) is 1.28. The van der Waals surface area contributed by atoms with Gasteiger partial charge < -0.3 is 10.6 Å². The smallest absolute Gasteiger partial charge is 0.330 e. The second-order valence-corrected chi connectivity index (χ2v) is 3.83. The van der Waals surface area contributed by atoms with Crippen molar-refractivity contribution in [3.8, 4) is 0 Å². The van der Waals surface area contributed by atoms with Crippen LogP contribution < -0.4 is 10.6 Å². The molecular weight excluding hydrogens is 210 g/mol. The van der Waals surface area contributed by atoms with Crippen molar-refractivity contribution in [3.05, 3.63) is 16.3 Å². The summed E-state index contributed by atoms with van der Waals surface area (Å²) in [4.78, 5) is 10.2. The Balaban J connectivity index is 2.50. The van der Waals surface area contributed by atoms with Crippen LogP contribution in [-0.4, -0.2) is 33.8 Å². The van der Waals surface area contributed by atoms with Gasteiger partial charge in [0, 0.05) is 26.2 Å². The minimum atomic E-state index is -0.439. The molecule has 16 heavy (non-hydrogen) atoms. The van der Waals surface area contributed by atoms with E-state index in [1.54, 1.807) is 7.05 Å². The number of nitrogens with zero attached hydrogens (tertiary/aromatic N) is 3. The standard InChI is InChI=1S/C9H17N5O2/c1-7(2)10-4-5-11-9-8(14(15)16)6-13(3)12-9/h6-7,10H,4-5H2,1-3H3,(H,11,12). The van der Waals surface area contributed by atoms with Crippen LogP contribution in [0.1, 0.15) is 13.8 Å². The molecule has 0 aliphatic carbocycles. The normalized spacial score (nSPS) is 10.8. The lowest BCUT2D eigenvalue weighted by Crippen LogP contribution is -2.28. The van der Waals surface area contributed by atoms with Gasteiger partial charge in [-0.1, -0.05) is 13.8 Å². The summed E-state index contributed by atoms with van der Waals surface area (Å²) in [5, 5.41) is 20.8. The first-order chi connectivity index (χ1) is 7.50. The molecule has 0 radical (unpaired) electrons. The molecule has 0 fully saturated rings. The Morgan fingerprint density at radius 3 is 2.81 bits per heavy atom. The van der Waals surface area contributed by atoms with Crippen molar-refractivity contribution >= 4 is 11.5 Å². The number of nitrogens with one attached hydrogen (secondary N) is 2. The van der Waals surface area contributed by atoms with Gasteiger partial charge in [0.2, 0.25) is 5.82 Å². The molecule has 90 valence electrons. The molecule has 0 bridgehead atoms. The molecule has 2 N–H and O–H groups in total. The third-order valence-electron chi connectivity index (χ3n) is 1.98. The minimum Gasteiger partial charge on any atom is -0.362 e. The number of hydrogen-bond acceptors (Lipinski definition) is 5. The van der Waals surface area contributed by atoms with Crippen molar-refractivity contribution in [1.82, 2.24) is 15.1 Å². The van der Waals surface area contributed by atoms with E-state index in [4.69, 9.17) is 0 Å². The van der Waals surface area contributed by atoms with Gasteiger partial charge in [-0.15, -0.1) is 5.10 Å². The van der Waals surface area contributed by atoms with Gasteiger partial charge in [-0.05, 0) is 0 Å². The Labute approximate surface area is 94.0 Å². The zero-order valence-electron chi connectivity index (χ0n) is 9.73. The molecule has 0 aromatic carbocycles. The SMILES string of the molecule is CC(C)NCCNc1nn(C)cc1[N+](=O)[O-]. The number of anilines is 1. The molecular formula is C9H17N5O2. The van der Waals surface area contributed by atoms with E-state index in [1.165, 1.54) is 10.9 Å². The topological polar surface area (TPSA) is 85.0 Å². The van der Waals surface area contributed by atoms with Gasteiger partial charge in [0.1, 0.15) is 6.20 Å². The van der Waals surface area contributed by atoms with Gasteiger partial charge in [-0.3, -0.25) is 14.8 Å². The molecule has 0 unspecified atom stereocenters. The molecule has 7 heteroatoms. The summed E-state index contributed by atoms with van der Waals surface area (Å²) in [5.74, 6) is 0.318. The highest BCUT2D eigenvalue weighted by molar-refractivity contribution is 5.54. The predicted octanol–water partition coefficient (Wildman–Crippen LogP) is 0.738. The zero-order valence-corrected chi connectivity index (χ0v) is 9.73. The summed E-state index contributed by atoms with van der Waals surface area (Å²) in [7, 11) is 1.66. The van der Waals surface area contributed by atoms with Gasteiger partial charge in [0.15, 0.2) is 0 Å². The van der Waals surface area contributed by atoms with Crippen molar-refractivity contribution in [1.29, 1.82) is 0 Å². The van der Waals surface area contributed by atoms with E-state index in [2.05, 4.69) is 15.7 Å². The average molecular weight is 227 g/mol. The van der Waals surface area contributed by atoms with Gasteiger partial charge in [0.25, 0.3) is 0 Å². The molecule has 0 atom stereocenters. The van der Waals surface area contributed by atoms with E-state index in [-0.39, 0.29) is 5.69 Å². The minimum absolute atomic E-state index is 0.00652. The van der Waals surface area contributed by atoms with Crippen molar-refractivity contribution in [2.75, 3.05) is 18.4 Å². The van der Waals surface area contributed by atoms with Gasteiger partial charge >= 0.3 is 5.69 Å². The summed E-state index contributed by atoms with van der Waals surface area (Å²) < 4.78 is 1.43. The number of hydrogen-bond donors (Lipinski definition) is 2. The summed E-state index contributed by atoms with van der Waals surface area (Å²) in [6.45, 7) is 5.44. The second-order valence-electron chi connectivity index (χ2n) is 3.83. The summed E-state index contributed by atoms with van der Waals surface area (Å²) in [6.07, 6.45) is 1.39. The summed E-state index contributed by atoms with van der Waals surface area (Å²) in [5.41, 5.74) is 0.00652. The molecule has 7 nitrogen and oxygen atoms in total. The van der Waals surface area contributed by atoms with E-state index >= 15 is 0 Å². The van der Waals surface area contributed by atoms with Crippen molar-refractivity contribution in [2.24, 2.45) is 7.05 Å². The highest BCUT2D eigenvalue weighted by atomic mass is 16.6. The number of aromatic nitrogens is 2. The molecule has 1 aromatic rings. The first-order valence-corrected chi connectivity index (χ1v) is 5.16. The molecule has 0 spiro atoms. The van der Waals surface area contributed by atoms with Crippen molar-refractivity contribution in [3.63, 3.8) is 0 Å². The van der Waals surface area contributed by atoms with Gasteiger partial charge in [-0.2, -0.15) is 0 Å². The lowest BCUT2D eigenvalue weighted by atomic mass is 10.4. The Kier molecular flexibility index (Phi) is 4.24. The van der Waals surface area contributed by atoms with Crippen LogP contribution in [0.25, 0.3) is 0 Å². The molecule has 0 saturated carbocycles. The van der Waals surface area contributed by atoms with Gasteiger partial charge in [-0.25, -0.2) is 0 Å². The van der Waals surface area contributed by atoms with Crippen LogP contribution in [0.3, 0.4) is 0 Å². The lowest BCUT2D eigenvalue weighted by molar-refractivity contribution is -0.384. The largest absolute Gasteiger partial charge is 0.362 e. The van der Waals surface area contributed by atoms with Crippen molar-refractivity contribution in [2.45, 2.75) is 19.9 Å². The first-order valence-electron chi connectivity index (χ1n) is 5.16. The third kappa shape index (κ3) is 3.50. The Hall–Kier alpha value is -1.63. The van der Waals surface area contributed by atoms with Crippen LogP contribution in [-0.2, 0) is 7.05 Å². The Bertz CT molecular complexity index is 361. The van der Waals surface area contributed by atoms with Crippen LogP contribution >= 0.6 is 0 Å². The Morgan fingerprint density at radius 2 is 2.25 bits per heavy atom. The second kappa shape index (κ2) is 5.45. The van der Waals surface area contributed by atoms with Crippen molar-refractivity contribution < 1.29 is 4.92 Å². The average Bonchev–Trinajstić information content (AvgIpc) is 2.54. The van der Waals surface area contributed by atoms with Crippen LogP contribution in [0.15, 0.2) is 6.20 Å².